The van der Waals surface area contributed by atoms with Gasteiger partial charge in [-0.05, 0) is 42.5 Å². The number of amides is 1. The predicted octanol–water partition coefficient (Wildman–Crippen LogP) is 3.54. The second kappa shape index (κ2) is 10.4. The molecule has 0 aliphatic heterocycles. The number of nitrogens with zero attached hydrogens (tertiary/aromatic N) is 1. The van der Waals surface area contributed by atoms with Crippen LogP contribution in [0.25, 0.3) is 0 Å². The van der Waals surface area contributed by atoms with Crippen molar-refractivity contribution in [2.24, 2.45) is 0 Å². The number of benzene rings is 2. The molecule has 0 aliphatic rings. The third kappa shape index (κ3) is 6.77. The topological polar surface area (TPSA) is 107 Å². The number of ether oxygens (including phenoxy) is 1. The molecule has 0 saturated carbocycles. The zero-order chi connectivity index (χ0) is 20.6. The zero-order valence-electron chi connectivity index (χ0n) is 15.8. The van der Waals surface area contributed by atoms with Crippen molar-refractivity contribution in [2.45, 2.75) is 31.3 Å². The van der Waals surface area contributed by atoms with Crippen molar-refractivity contribution >= 4 is 13.5 Å². The Morgan fingerprint density at radius 3 is 2.32 bits per heavy atom. The maximum atomic E-state index is 12.1. The Labute approximate surface area is 164 Å². The van der Waals surface area contributed by atoms with Gasteiger partial charge in [0.2, 0.25) is 5.91 Å². The van der Waals surface area contributed by atoms with Crippen LogP contribution in [-0.4, -0.2) is 39.6 Å². The van der Waals surface area contributed by atoms with Gasteiger partial charge in [0, 0.05) is 13.0 Å². The summed E-state index contributed by atoms with van der Waals surface area (Å²) in [5, 5.41) is 10.6. The lowest BCUT2D eigenvalue weighted by Crippen LogP contribution is -2.28. The first-order valence-electron chi connectivity index (χ1n) is 9.03. The van der Waals surface area contributed by atoms with Gasteiger partial charge in [0.05, 0.1) is 12.8 Å². The van der Waals surface area contributed by atoms with Crippen LogP contribution in [0.2, 0.25) is 0 Å². The Balaban J connectivity index is 1.82. The highest BCUT2D eigenvalue weighted by molar-refractivity contribution is 7.52. The van der Waals surface area contributed by atoms with Gasteiger partial charge in [-0.1, -0.05) is 42.5 Å². The molecule has 0 unspecified atom stereocenters. The molecule has 1 atom stereocenters. The van der Waals surface area contributed by atoms with Crippen LogP contribution in [0.15, 0.2) is 54.6 Å². The standard InChI is InChI=1S/C20H26NO6P/c1-27-18-11-9-16(10-12-18)6-5-15-21(23)20(22)14-13-19(28(24,25)26)17-7-3-2-4-8-17/h2-4,7-12,19,23H,5-6,13-15H2,1H3,(H2,24,25,26)/t19-/m0/s1. The number of carbonyl (C=O) groups excluding carboxylic acids is 1. The van der Waals surface area contributed by atoms with Crippen LogP contribution in [0.5, 0.6) is 5.75 Å². The Morgan fingerprint density at radius 1 is 1.11 bits per heavy atom. The third-order valence-corrected chi connectivity index (χ3v) is 5.87. The van der Waals surface area contributed by atoms with Crippen molar-refractivity contribution < 1.29 is 29.1 Å². The van der Waals surface area contributed by atoms with Crippen LogP contribution in [-0.2, 0) is 15.8 Å². The van der Waals surface area contributed by atoms with E-state index in [2.05, 4.69) is 0 Å². The molecule has 0 saturated heterocycles. The second-order valence-corrected chi connectivity index (χ2v) is 8.32. The van der Waals surface area contributed by atoms with E-state index in [-0.39, 0.29) is 19.4 Å². The molecule has 152 valence electrons. The minimum absolute atomic E-state index is 0.0390. The van der Waals surface area contributed by atoms with E-state index in [0.29, 0.717) is 23.5 Å². The van der Waals surface area contributed by atoms with Gasteiger partial charge in [-0.3, -0.25) is 14.6 Å². The van der Waals surface area contributed by atoms with E-state index < -0.39 is 19.2 Å². The number of carbonyl (C=O) groups is 1. The Morgan fingerprint density at radius 2 is 1.75 bits per heavy atom. The molecule has 2 aromatic rings. The van der Waals surface area contributed by atoms with Crippen LogP contribution in [0.3, 0.4) is 0 Å². The first kappa shape index (κ1) is 22.1. The Bertz CT molecular complexity index is 790. The molecule has 0 aromatic heterocycles. The highest BCUT2D eigenvalue weighted by Gasteiger charge is 2.31. The van der Waals surface area contributed by atoms with Gasteiger partial charge >= 0.3 is 7.60 Å². The summed E-state index contributed by atoms with van der Waals surface area (Å²) in [6.45, 7) is 0.150. The van der Waals surface area contributed by atoms with Gasteiger partial charge in [-0.2, -0.15) is 0 Å². The zero-order valence-corrected chi connectivity index (χ0v) is 16.7. The monoisotopic (exact) mass is 407 g/mol. The van der Waals surface area contributed by atoms with Crippen LogP contribution in [0.1, 0.15) is 36.0 Å². The van der Waals surface area contributed by atoms with Gasteiger partial charge in [0.15, 0.2) is 0 Å². The summed E-state index contributed by atoms with van der Waals surface area (Å²) in [5.41, 5.74) is 0.477. The maximum absolute atomic E-state index is 12.1. The van der Waals surface area contributed by atoms with E-state index in [9.17, 15) is 24.4 Å². The van der Waals surface area contributed by atoms with E-state index in [1.54, 1.807) is 37.4 Å². The van der Waals surface area contributed by atoms with Gasteiger partial charge in [-0.25, -0.2) is 5.06 Å². The first-order valence-corrected chi connectivity index (χ1v) is 10.7. The van der Waals surface area contributed by atoms with E-state index >= 15 is 0 Å². The summed E-state index contributed by atoms with van der Waals surface area (Å²) >= 11 is 0. The average molecular weight is 407 g/mol. The smallest absolute Gasteiger partial charge is 0.332 e. The summed E-state index contributed by atoms with van der Waals surface area (Å²) in [4.78, 5) is 31.3. The number of aryl methyl sites for hydroxylation is 1. The lowest BCUT2D eigenvalue weighted by molar-refractivity contribution is -0.165. The number of hydrogen-bond acceptors (Lipinski definition) is 4. The van der Waals surface area contributed by atoms with Crippen LogP contribution < -0.4 is 4.74 Å². The van der Waals surface area contributed by atoms with E-state index in [1.165, 1.54) is 0 Å². The van der Waals surface area contributed by atoms with Gasteiger partial charge in [-0.15, -0.1) is 0 Å². The molecule has 28 heavy (non-hydrogen) atoms. The molecule has 8 heteroatoms. The van der Waals surface area contributed by atoms with Gasteiger partial charge in [0.25, 0.3) is 0 Å². The second-order valence-electron chi connectivity index (χ2n) is 6.52. The quantitative estimate of drug-likeness (QED) is 0.316. The normalized spacial score (nSPS) is 12.4. The van der Waals surface area contributed by atoms with Crippen molar-refractivity contribution in [3.8, 4) is 5.75 Å². The number of rotatable bonds is 10. The Kier molecular flexibility index (Phi) is 8.20. The molecular formula is C20H26NO6P. The van der Waals surface area contributed by atoms with Gasteiger partial charge < -0.3 is 14.5 Å². The average Bonchev–Trinajstić information content (AvgIpc) is 2.68. The highest BCUT2D eigenvalue weighted by Crippen LogP contribution is 2.54. The number of hydrogen-bond donors (Lipinski definition) is 3. The summed E-state index contributed by atoms with van der Waals surface area (Å²) in [7, 11) is -2.82. The molecule has 0 aliphatic carbocycles. The van der Waals surface area contributed by atoms with Crippen molar-refractivity contribution in [3.63, 3.8) is 0 Å². The minimum atomic E-state index is -4.41. The lowest BCUT2D eigenvalue weighted by Gasteiger charge is -2.20. The predicted molar refractivity (Wildman–Crippen MR) is 105 cm³/mol. The molecule has 2 aromatic carbocycles. The SMILES string of the molecule is COc1ccc(CCCN(O)C(=O)CC[C@@H](c2ccccc2)P(=O)(O)O)cc1. The molecule has 1 amide bonds. The molecule has 0 radical (unpaired) electrons. The summed E-state index contributed by atoms with van der Waals surface area (Å²) in [5.74, 6) is 0.213. The van der Waals surface area contributed by atoms with Crippen LogP contribution in [0.4, 0.5) is 0 Å². The molecule has 3 N–H and O–H groups in total. The third-order valence-electron chi connectivity index (χ3n) is 4.50. The number of methoxy groups -OCH3 is 1. The van der Waals surface area contributed by atoms with Gasteiger partial charge in [0.1, 0.15) is 5.75 Å². The molecular weight excluding hydrogens is 381 g/mol. The molecule has 0 heterocycles. The fourth-order valence-corrected chi connectivity index (χ4v) is 3.97. The molecule has 7 nitrogen and oxygen atoms in total. The summed E-state index contributed by atoms with van der Waals surface area (Å²) in [6, 6.07) is 15.9. The first-order chi connectivity index (χ1) is 13.3. The fourth-order valence-electron chi connectivity index (χ4n) is 2.94. The van der Waals surface area contributed by atoms with E-state index in [0.717, 1.165) is 11.3 Å². The van der Waals surface area contributed by atoms with Crippen molar-refractivity contribution in [1.29, 1.82) is 0 Å². The molecule has 0 fully saturated rings. The number of hydroxylamine groups is 2. The van der Waals surface area contributed by atoms with Crippen molar-refractivity contribution in [3.05, 3.63) is 65.7 Å². The Hall–Kier alpha value is -2.18. The molecule has 0 spiro atoms. The maximum Gasteiger partial charge on any atom is 0.332 e. The van der Waals surface area contributed by atoms with Crippen LogP contribution >= 0.6 is 7.60 Å². The molecule has 0 bridgehead atoms. The van der Waals surface area contributed by atoms with Crippen LogP contribution in [0, 0.1) is 0 Å². The molecule has 2 rings (SSSR count). The summed E-state index contributed by atoms with van der Waals surface area (Å²) in [6.07, 6.45) is 1.06. The van der Waals surface area contributed by atoms with E-state index in [4.69, 9.17) is 4.74 Å². The highest BCUT2D eigenvalue weighted by atomic mass is 31.2. The largest absolute Gasteiger partial charge is 0.497 e. The minimum Gasteiger partial charge on any atom is -0.497 e. The summed E-state index contributed by atoms with van der Waals surface area (Å²) < 4.78 is 16.9. The van der Waals surface area contributed by atoms with E-state index in [1.807, 2.05) is 24.3 Å². The van der Waals surface area contributed by atoms with Crippen molar-refractivity contribution in [1.82, 2.24) is 5.06 Å². The fraction of sp³-hybridized carbons (Fsp3) is 0.350. The lowest BCUT2D eigenvalue weighted by atomic mass is 10.1. The van der Waals surface area contributed by atoms with Crippen molar-refractivity contribution in [2.75, 3.05) is 13.7 Å².